The summed E-state index contributed by atoms with van der Waals surface area (Å²) in [6.07, 6.45) is 2.77. The highest BCUT2D eigenvalue weighted by atomic mass is 35.5. The minimum atomic E-state index is -1.63. The zero-order chi connectivity index (χ0) is 14.5. The molecule has 3 rings (SSSR count). The first-order valence-electron chi connectivity index (χ1n) is 5.78. The third-order valence-electron chi connectivity index (χ3n) is 3.34. The predicted octanol–water partition coefficient (Wildman–Crippen LogP) is 2.05. The number of hydrogen-bond donors (Lipinski definition) is 1. The zero-order valence-electron chi connectivity index (χ0n) is 10.1. The Labute approximate surface area is 124 Å². The van der Waals surface area contributed by atoms with Crippen molar-refractivity contribution in [1.29, 1.82) is 0 Å². The third kappa shape index (κ3) is 1.53. The van der Waals surface area contributed by atoms with Crippen molar-refractivity contribution >= 4 is 34.9 Å². The number of amides is 1. The monoisotopic (exact) mass is 309 g/mol. The van der Waals surface area contributed by atoms with E-state index in [2.05, 4.69) is 4.98 Å². The van der Waals surface area contributed by atoms with E-state index in [9.17, 15) is 9.59 Å². The highest BCUT2D eigenvalue weighted by Gasteiger charge is 2.54. The molecule has 7 heteroatoms. The van der Waals surface area contributed by atoms with E-state index < -0.39 is 16.3 Å². The molecule has 1 aromatic carbocycles. The number of nitrogens with two attached hydrogens (primary N) is 1. The number of alkyl halides is 2. The molecule has 2 N–H and O–H groups in total. The fourth-order valence-electron chi connectivity index (χ4n) is 2.41. The molecule has 0 radical (unpaired) electrons. The van der Waals surface area contributed by atoms with Crippen LogP contribution < -0.4 is 5.73 Å². The number of carbonyl (C=O) groups excluding carboxylic acids is 2. The van der Waals surface area contributed by atoms with Gasteiger partial charge in [0.25, 0.3) is 5.91 Å². The van der Waals surface area contributed by atoms with Gasteiger partial charge >= 0.3 is 0 Å². The molecule has 0 fully saturated rings. The number of rotatable bonds is 2. The Balaban J connectivity index is 2.22. The van der Waals surface area contributed by atoms with Crippen LogP contribution in [0.25, 0.3) is 0 Å². The summed E-state index contributed by atoms with van der Waals surface area (Å²) in [6.45, 7) is 0. The molecule has 0 saturated carbocycles. The van der Waals surface area contributed by atoms with Crippen molar-refractivity contribution in [1.82, 2.24) is 9.55 Å². The van der Waals surface area contributed by atoms with Gasteiger partial charge in [0, 0.05) is 18.0 Å². The maximum absolute atomic E-state index is 12.6. The number of aromatic nitrogens is 2. The lowest BCUT2D eigenvalue weighted by atomic mass is 10.1. The van der Waals surface area contributed by atoms with Gasteiger partial charge in [-0.15, -0.1) is 11.6 Å². The van der Waals surface area contributed by atoms with Crippen molar-refractivity contribution in [2.75, 3.05) is 0 Å². The fourth-order valence-corrected chi connectivity index (χ4v) is 3.16. The number of fused-ring (bicyclic) bond motifs is 1. The highest BCUT2D eigenvalue weighted by molar-refractivity contribution is 6.43. The van der Waals surface area contributed by atoms with Crippen molar-refractivity contribution in [3.63, 3.8) is 0 Å². The Morgan fingerprint density at radius 3 is 2.75 bits per heavy atom. The van der Waals surface area contributed by atoms with Gasteiger partial charge in [0.05, 0.1) is 0 Å². The van der Waals surface area contributed by atoms with Gasteiger partial charge in [-0.3, -0.25) is 14.2 Å². The third-order valence-corrected chi connectivity index (χ3v) is 4.58. The van der Waals surface area contributed by atoms with Crippen molar-refractivity contribution in [2.45, 2.75) is 10.4 Å². The summed E-state index contributed by atoms with van der Waals surface area (Å²) >= 11 is 12.8. The standard InChI is InChI=1S/C13H9Cl2N3O2/c14-9-7-3-1-2-4-8(7)10(19)13(9,15)18-6-5-17-12(18)11(16)20/h1-6,9H,(H2,16,20). The molecule has 0 spiro atoms. The minimum absolute atomic E-state index is 0.105. The number of hydrogen-bond acceptors (Lipinski definition) is 3. The Morgan fingerprint density at radius 2 is 2.10 bits per heavy atom. The van der Waals surface area contributed by atoms with Crippen LogP contribution in [0.15, 0.2) is 36.7 Å². The number of benzene rings is 1. The van der Waals surface area contributed by atoms with Gasteiger partial charge in [0.2, 0.25) is 16.6 Å². The Morgan fingerprint density at radius 1 is 1.40 bits per heavy atom. The average molecular weight is 310 g/mol. The molecule has 0 aliphatic heterocycles. The van der Waals surface area contributed by atoms with Crippen molar-refractivity contribution in [2.24, 2.45) is 5.73 Å². The summed E-state index contributed by atoms with van der Waals surface area (Å²) in [7, 11) is 0. The molecular weight excluding hydrogens is 301 g/mol. The SMILES string of the molecule is NC(=O)c1nccn1C1(Cl)C(=O)c2ccccc2C1Cl. The van der Waals surface area contributed by atoms with E-state index in [1.807, 2.05) is 0 Å². The second-order valence-corrected chi connectivity index (χ2v) is 5.45. The van der Waals surface area contributed by atoms with Crippen LogP contribution in [0, 0.1) is 0 Å². The van der Waals surface area contributed by atoms with E-state index in [0.717, 1.165) is 0 Å². The molecule has 2 aromatic rings. The largest absolute Gasteiger partial charge is 0.363 e. The molecule has 20 heavy (non-hydrogen) atoms. The number of Topliss-reactive ketones (excluding diaryl/α,β-unsaturated/α-hetero) is 1. The summed E-state index contributed by atoms with van der Waals surface area (Å²) in [6, 6.07) is 6.88. The highest BCUT2D eigenvalue weighted by Crippen LogP contribution is 2.51. The van der Waals surface area contributed by atoms with Crippen LogP contribution in [-0.2, 0) is 5.00 Å². The number of primary amides is 1. The molecule has 1 aromatic heterocycles. The lowest BCUT2D eigenvalue weighted by molar-refractivity contribution is 0.0899. The first-order valence-corrected chi connectivity index (χ1v) is 6.59. The van der Waals surface area contributed by atoms with Crippen LogP contribution in [0.2, 0.25) is 0 Å². The number of carbonyl (C=O) groups is 2. The summed E-state index contributed by atoms with van der Waals surface area (Å²) in [5.41, 5.74) is 6.31. The van der Waals surface area contributed by atoms with Crippen LogP contribution in [0.5, 0.6) is 0 Å². The normalized spacial score (nSPS) is 24.7. The summed E-state index contributed by atoms with van der Waals surface area (Å²) in [5.74, 6) is -1.26. The van der Waals surface area contributed by atoms with Gasteiger partial charge in [-0.2, -0.15) is 0 Å². The molecule has 1 heterocycles. The van der Waals surface area contributed by atoms with Crippen LogP contribution in [0.4, 0.5) is 0 Å². The maximum Gasteiger partial charge on any atom is 0.284 e. The molecule has 1 aliphatic carbocycles. The summed E-state index contributed by atoms with van der Waals surface area (Å²) in [5, 5.41) is -0.819. The topological polar surface area (TPSA) is 78.0 Å². The number of imidazole rings is 1. The molecule has 0 saturated heterocycles. The van der Waals surface area contributed by atoms with E-state index >= 15 is 0 Å². The first-order chi connectivity index (χ1) is 9.48. The first kappa shape index (κ1) is 13.1. The van der Waals surface area contributed by atoms with Crippen LogP contribution in [-0.4, -0.2) is 21.2 Å². The van der Waals surface area contributed by atoms with Gasteiger partial charge in [0.1, 0.15) is 5.38 Å². The lowest BCUT2D eigenvalue weighted by Gasteiger charge is -2.26. The van der Waals surface area contributed by atoms with E-state index in [1.54, 1.807) is 24.3 Å². The number of halogens is 2. The fraction of sp³-hybridized carbons (Fsp3) is 0.154. The molecule has 1 aliphatic rings. The van der Waals surface area contributed by atoms with Crippen LogP contribution in [0.3, 0.4) is 0 Å². The molecule has 0 bridgehead atoms. The van der Waals surface area contributed by atoms with Gasteiger partial charge in [-0.1, -0.05) is 35.9 Å². The smallest absolute Gasteiger partial charge is 0.284 e. The van der Waals surface area contributed by atoms with Crippen LogP contribution in [0.1, 0.15) is 31.9 Å². The van der Waals surface area contributed by atoms with E-state index in [-0.39, 0.29) is 11.6 Å². The van der Waals surface area contributed by atoms with Crippen molar-refractivity contribution in [3.05, 3.63) is 53.6 Å². The lowest BCUT2D eigenvalue weighted by Crippen LogP contribution is -2.38. The van der Waals surface area contributed by atoms with Crippen molar-refractivity contribution < 1.29 is 9.59 Å². The zero-order valence-corrected chi connectivity index (χ0v) is 11.6. The molecule has 102 valence electrons. The van der Waals surface area contributed by atoms with Crippen LogP contribution >= 0.6 is 23.2 Å². The van der Waals surface area contributed by atoms with Gasteiger partial charge < -0.3 is 5.73 Å². The molecule has 1 amide bonds. The number of ketones is 1. The predicted molar refractivity (Wildman–Crippen MR) is 73.9 cm³/mol. The second-order valence-electron chi connectivity index (χ2n) is 4.44. The number of nitrogens with zero attached hydrogens (tertiary/aromatic N) is 2. The average Bonchev–Trinajstić information content (AvgIpc) is 3.00. The van der Waals surface area contributed by atoms with Gasteiger partial charge in [0.15, 0.2) is 0 Å². The van der Waals surface area contributed by atoms with Gasteiger partial charge in [-0.05, 0) is 5.56 Å². The molecule has 5 nitrogen and oxygen atoms in total. The Bertz CT molecular complexity index is 728. The summed E-state index contributed by atoms with van der Waals surface area (Å²) < 4.78 is 1.23. The Hall–Kier alpha value is -1.85. The van der Waals surface area contributed by atoms with E-state index in [0.29, 0.717) is 11.1 Å². The van der Waals surface area contributed by atoms with Crippen molar-refractivity contribution in [3.8, 4) is 0 Å². The van der Waals surface area contributed by atoms with E-state index in [1.165, 1.54) is 17.0 Å². The molecule has 2 atom stereocenters. The maximum atomic E-state index is 12.6. The van der Waals surface area contributed by atoms with Gasteiger partial charge in [-0.25, -0.2) is 4.98 Å². The van der Waals surface area contributed by atoms with E-state index in [4.69, 9.17) is 28.9 Å². The summed E-state index contributed by atoms with van der Waals surface area (Å²) in [4.78, 5) is 26.2. The Kier molecular flexibility index (Phi) is 2.84. The minimum Gasteiger partial charge on any atom is -0.363 e. The second kappa shape index (κ2) is 4.33. The molecular formula is C13H9Cl2N3O2. The molecule has 2 unspecified atom stereocenters. The quantitative estimate of drug-likeness (QED) is 0.862.